The van der Waals surface area contributed by atoms with Crippen LogP contribution >= 0.6 is 0 Å². The topological polar surface area (TPSA) is 46.2 Å². The number of aryl methyl sites for hydroxylation is 1. The maximum absolute atomic E-state index is 12.2. The molecule has 0 heterocycles. The minimum absolute atomic E-state index is 0.402. The molecule has 3 nitrogen and oxygen atoms in total. The van der Waals surface area contributed by atoms with Gasteiger partial charge in [0.15, 0.2) is 0 Å². The highest BCUT2D eigenvalue weighted by Gasteiger charge is 2.17. The summed E-state index contributed by atoms with van der Waals surface area (Å²) in [6.45, 7) is 2.39. The van der Waals surface area contributed by atoms with Crippen LogP contribution in [0.25, 0.3) is 0 Å². The molecule has 0 aromatic heterocycles. The van der Waals surface area contributed by atoms with Gasteiger partial charge in [0.2, 0.25) is 10.0 Å². The van der Waals surface area contributed by atoms with E-state index in [9.17, 15) is 8.42 Å². The maximum atomic E-state index is 12.2. The van der Waals surface area contributed by atoms with Gasteiger partial charge in [-0.1, -0.05) is 50.3 Å². The Balaban J connectivity index is 1.89. The molecule has 0 bridgehead atoms. The first-order valence-corrected chi connectivity index (χ1v) is 8.63. The summed E-state index contributed by atoms with van der Waals surface area (Å²) in [4.78, 5) is 0.402. The number of nitrogens with one attached hydrogen (secondary N) is 1. The Hall–Kier alpha value is -0.870. The van der Waals surface area contributed by atoms with E-state index in [-0.39, 0.29) is 0 Å². The molecule has 0 amide bonds. The lowest BCUT2D eigenvalue weighted by Crippen LogP contribution is -2.27. The van der Waals surface area contributed by atoms with Crippen LogP contribution in [0, 0.1) is 12.8 Å². The zero-order chi connectivity index (χ0) is 13.7. The van der Waals surface area contributed by atoms with E-state index in [1.54, 1.807) is 12.1 Å². The number of hydrogen-bond acceptors (Lipinski definition) is 2. The Morgan fingerprint density at radius 1 is 1.16 bits per heavy atom. The van der Waals surface area contributed by atoms with Crippen molar-refractivity contribution in [2.45, 2.75) is 50.3 Å². The fraction of sp³-hybridized carbons (Fsp3) is 0.600. The van der Waals surface area contributed by atoms with Crippen molar-refractivity contribution in [2.24, 2.45) is 5.92 Å². The summed E-state index contributed by atoms with van der Waals surface area (Å²) in [5, 5.41) is 0. The molecule has 1 aliphatic carbocycles. The second-order valence-corrected chi connectivity index (χ2v) is 7.19. The van der Waals surface area contributed by atoms with Crippen LogP contribution in [0.4, 0.5) is 0 Å². The predicted octanol–water partition coefficient (Wildman–Crippen LogP) is 3.24. The summed E-state index contributed by atoms with van der Waals surface area (Å²) in [6.07, 6.45) is 7.42. The van der Waals surface area contributed by atoms with Crippen molar-refractivity contribution in [3.63, 3.8) is 0 Å². The van der Waals surface area contributed by atoms with Crippen molar-refractivity contribution in [1.82, 2.24) is 4.72 Å². The Bertz CT molecular complexity index is 505. The SMILES string of the molecule is Cc1ccccc1S(=O)(=O)NCCC1CCCCC1. The standard InChI is InChI=1S/C15H23NO2S/c1-13-7-5-6-10-15(13)19(17,18)16-12-11-14-8-3-2-4-9-14/h5-7,10,14,16H,2-4,8-9,11-12H2,1H3. The fourth-order valence-electron chi connectivity index (χ4n) is 2.81. The molecule has 1 aromatic carbocycles. The molecule has 0 unspecified atom stereocenters. The monoisotopic (exact) mass is 281 g/mol. The van der Waals surface area contributed by atoms with Crippen molar-refractivity contribution in [1.29, 1.82) is 0 Å². The molecule has 1 N–H and O–H groups in total. The van der Waals surface area contributed by atoms with E-state index in [1.807, 2.05) is 19.1 Å². The molecule has 19 heavy (non-hydrogen) atoms. The summed E-state index contributed by atoms with van der Waals surface area (Å²) >= 11 is 0. The van der Waals surface area contributed by atoms with Gasteiger partial charge in [-0.2, -0.15) is 0 Å². The Labute approximate surface area is 116 Å². The molecule has 0 spiro atoms. The second kappa shape index (κ2) is 6.53. The molecule has 2 rings (SSSR count). The van der Waals surface area contributed by atoms with Crippen LogP contribution in [-0.4, -0.2) is 15.0 Å². The van der Waals surface area contributed by atoms with Gasteiger partial charge in [-0.3, -0.25) is 0 Å². The van der Waals surface area contributed by atoms with E-state index in [2.05, 4.69) is 4.72 Å². The lowest BCUT2D eigenvalue weighted by Gasteiger charge is -2.21. The summed E-state index contributed by atoms with van der Waals surface area (Å²) in [5.41, 5.74) is 0.799. The number of sulfonamides is 1. The van der Waals surface area contributed by atoms with E-state index in [1.165, 1.54) is 32.1 Å². The number of hydrogen-bond donors (Lipinski definition) is 1. The quantitative estimate of drug-likeness (QED) is 0.900. The summed E-state index contributed by atoms with van der Waals surface area (Å²) in [6, 6.07) is 7.12. The lowest BCUT2D eigenvalue weighted by atomic mass is 9.87. The zero-order valence-corrected chi connectivity index (χ0v) is 12.4. The minimum atomic E-state index is -3.34. The molecule has 0 radical (unpaired) electrons. The molecule has 0 atom stereocenters. The third-order valence-corrected chi connectivity index (χ3v) is 5.57. The lowest BCUT2D eigenvalue weighted by molar-refractivity contribution is 0.339. The normalized spacial score (nSPS) is 17.5. The maximum Gasteiger partial charge on any atom is 0.240 e. The molecule has 1 aromatic rings. The van der Waals surface area contributed by atoms with Gasteiger partial charge in [-0.05, 0) is 30.9 Å². The van der Waals surface area contributed by atoms with E-state index in [0.29, 0.717) is 17.4 Å². The van der Waals surface area contributed by atoms with E-state index in [4.69, 9.17) is 0 Å². The van der Waals surface area contributed by atoms with Gasteiger partial charge < -0.3 is 0 Å². The van der Waals surface area contributed by atoms with E-state index in [0.717, 1.165) is 12.0 Å². The predicted molar refractivity (Wildman–Crippen MR) is 77.6 cm³/mol. The van der Waals surface area contributed by atoms with E-state index < -0.39 is 10.0 Å². The Kier molecular flexibility index (Phi) is 4.99. The number of benzene rings is 1. The average molecular weight is 281 g/mol. The highest BCUT2D eigenvalue weighted by Crippen LogP contribution is 2.26. The van der Waals surface area contributed by atoms with Crippen LogP contribution < -0.4 is 4.72 Å². The van der Waals surface area contributed by atoms with Gasteiger partial charge in [0.1, 0.15) is 0 Å². The third-order valence-electron chi connectivity index (χ3n) is 3.95. The van der Waals surface area contributed by atoms with Gasteiger partial charge in [0.05, 0.1) is 4.90 Å². The van der Waals surface area contributed by atoms with Crippen molar-refractivity contribution in [2.75, 3.05) is 6.54 Å². The largest absolute Gasteiger partial charge is 0.240 e. The highest BCUT2D eigenvalue weighted by molar-refractivity contribution is 7.89. The Morgan fingerprint density at radius 3 is 2.53 bits per heavy atom. The van der Waals surface area contributed by atoms with Crippen LogP contribution in [0.15, 0.2) is 29.2 Å². The van der Waals surface area contributed by atoms with Crippen molar-refractivity contribution >= 4 is 10.0 Å². The van der Waals surface area contributed by atoms with Gasteiger partial charge in [0.25, 0.3) is 0 Å². The van der Waals surface area contributed by atoms with Crippen LogP contribution in [0.5, 0.6) is 0 Å². The molecule has 0 aliphatic heterocycles. The van der Waals surface area contributed by atoms with Gasteiger partial charge in [-0.25, -0.2) is 13.1 Å². The van der Waals surface area contributed by atoms with Crippen LogP contribution in [0.1, 0.15) is 44.1 Å². The molecule has 1 saturated carbocycles. The molecular formula is C15H23NO2S. The van der Waals surface area contributed by atoms with Gasteiger partial charge >= 0.3 is 0 Å². The molecule has 1 fully saturated rings. The van der Waals surface area contributed by atoms with Crippen LogP contribution in [0.2, 0.25) is 0 Å². The highest BCUT2D eigenvalue weighted by atomic mass is 32.2. The third kappa shape index (κ3) is 4.05. The average Bonchev–Trinajstić information content (AvgIpc) is 2.40. The molecule has 1 aliphatic rings. The second-order valence-electron chi connectivity index (χ2n) is 5.46. The van der Waals surface area contributed by atoms with Gasteiger partial charge in [0, 0.05) is 6.54 Å². The number of rotatable bonds is 5. The summed E-state index contributed by atoms with van der Waals surface area (Å²) in [5.74, 6) is 0.702. The molecule has 106 valence electrons. The molecule has 0 saturated heterocycles. The van der Waals surface area contributed by atoms with Crippen LogP contribution in [0.3, 0.4) is 0 Å². The van der Waals surface area contributed by atoms with Crippen molar-refractivity contribution < 1.29 is 8.42 Å². The zero-order valence-electron chi connectivity index (χ0n) is 11.6. The van der Waals surface area contributed by atoms with Crippen molar-refractivity contribution in [3.05, 3.63) is 29.8 Å². The Morgan fingerprint density at radius 2 is 1.84 bits per heavy atom. The minimum Gasteiger partial charge on any atom is -0.211 e. The summed E-state index contributed by atoms with van der Waals surface area (Å²) < 4.78 is 27.1. The first-order chi connectivity index (χ1) is 9.09. The first kappa shape index (κ1) is 14.5. The van der Waals surface area contributed by atoms with E-state index >= 15 is 0 Å². The molecule has 4 heteroatoms. The molecular weight excluding hydrogens is 258 g/mol. The van der Waals surface area contributed by atoms with Crippen LogP contribution in [-0.2, 0) is 10.0 Å². The van der Waals surface area contributed by atoms with Gasteiger partial charge in [-0.15, -0.1) is 0 Å². The fourth-order valence-corrected chi connectivity index (χ4v) is 4.10. The first-order valence-electron chi connectivity index (χ1n) is 7.15. The van der Waals surface area contributed by atoms with Crippen molar-refractivity contribution in [3.8, 4) is 0 Å². The summed E-state index contributed by atoms with van der Waals surface area (Å²) in [7, 11) is -3.34. The smallest absolute Gasteiger partial charge is 0.211 e.